The van der Waals surface area contributed by atoms with E-state index >= 15 is 0 Å². The van der Waals surface area contributed by atoms with Crippen LogP contribution in [0.5, 0.6) is 0 Å². The largest absolute Gasteiger partial charge is 0.396 e. The third-order valence-corrected chi connectivity index (χ3v) is 3.38. The first-order chi connectivity index (χ1) is 9.11. The summed E-state index contributed by atoms with van der Waals surface area (Å²) >= 11 is 0. The van der Waals surface area contributed by atoms with E-state index in [4.69, 9.17) is 5.73 Å². The van der Waals surface area contributed by atoms with Crippen LogP contribution in [0.15, 0.2) is 30.5 Å². The summed E-state index contributed by atoms with van der Waals surface area (Å²) in [6.07, 6.45) is 4.23. The summed E-state index contributed by atoms with van der Waals surface area (Å²) in [6.45, 7) is 7.51. The van der Waals surface area contributed by atoms with Gasteiger partial charge in [0.15, 0.2) is 0 Å². The molecule has 2 aromatic rings. The van der Waals surface area contributed by atoms with Crippen molar-refractivity contribution in [3.05, 3.63) is 36.0 Å². The molecule has 0 fully saturated rings. The second kappa shape index (κ2) is 5.91. The highest BCUT2D eigenvalue weighted by atomic mass is 15.3. The zero-order chi connectivity index (χ0) is 13.8. The van der Waals surface area contributed by atoms with E-state index in [1.54, 1.807) is 0 Å². The van der Waals surface area contributed by atoms with E-state index in [0.717, 1.165) is 36.3 Å². The number of hydrogen-bond donors (Lipinski definition) is 1. The average molecular weight is 257 g/mol. The van der Waals surface area contributed by atoms with Crippen molar-refractivity contribution in [2.75, 3.05) is 5.73 Å². The van der Waals surface area contributed by atoms with Crippen molar-refractivity contribution in [1.82, 2.24) is 9.78 Å². The monoisotopic (exact) mass is 257 g/mol. The highest BCUT2D eigenvalue weighted by Gasteiger charge is 2.09. The van der Waals surface area contributed by atoms with Crippen molar-refractivity contribution >= 4 is 5.69 Å². The first-order valence-corrected chi connectivity index (χ1v) is 7.05. The molecule has 102 valence electrons. The Kier molecular flexibility index (Phi) is 4.25. The summed E-state index contributed by atoms with van der Waals surface area (Å²) in [5, 5.41) is 4.58. The number of aryl methyl sites for hydroxylation is 1. The molecule has 0 bridgehead atoms. The lowest BCUT2D eigenvalue weighted by atomic mass is 10.0. The number of anilines is 1. The van der Waals surface area contributed by atoms with E-state index < -0.39 is 0 Å². The summed E-state index contributed by atoms with van der Waals surface area (Å²) in [5.41, 5.74) is 10.1. The van der Waals surface area contributed by atoms with E-state index in [2.05, 4.69) is 50.1 Å². The Morgan fingerprint density at radius 1 is 1.21 bits per heavy atom. The molecule has 1 heterocycles. The third kappa shape index (κ3) is 3.16. The van der Waals surface area contributed by atoms with Gasteiger partial charge in [-0.1, -0.05) is 51.5 Å². The average Bonchev–Trinajstić information content (AvgIpc) is 2.77. The highest BCUT2D eigenvalue weighted by molar-refractivity contribution is 5.72. The van der Waals surface area contributed by atoms with Crippen LogP contribution < -0.4 is 5.73 Å². The molecule has 0 aliphatic carbocycles. The van der Waals surface area contributed by atoms with Gasteiger partial charge in [0.2, 0.25) is 0 Å². The fraction of sp³-hybridized carbons (Fsp3) is 0.438. The Labute approximate surface area is 115 Å². The number of nitrogens with zero attached hydrogens (tertiary/aromatic N) is 2. The predicted molar refractivity (Wildman–Crippen MR) is 81.1 cm³/mol. The van der Waals surface area contributed by atoms with Crippen molar-refractivity contribution in [3.8, 4) is 11.3 Å². The van der Waals surface area contributed by atoms with Crippen LogP contribution in [0.1, 0.15) is 45.1 Å². The second-order valence-corrected chi connectivity index (χ2v) is 5.33. The van der Waals surface area contributed by atoms with Gasteiger partial charge >= 0.3 is 0 Å². The first-order valence-electron chi connectivity index (χ1n) is 7.05. The molecule has 1 aromatic carbocycles. The molecule has 3 heteroatoms. The van der Waals surface area contributed by atoms with Crippen molar-refractivity contribution in [2.45, 2.75) is 46.1 Å². The second-order valence-electron chi connectivity index (χ2n) is 5.33. The van der Waals surface area contributed by atoms with Crippen molar-refractivity contribution < 1.29 is 0 Å². The summed E-state index contributed by atoms with van der Waals surface area (Å²) in [4.78, 5) is 0. The number of unbranched alkanes of at least 4 members (excludes halogenated alkanes) is 1. The van der Waals surface area contributed by atoms with E-state index in [1.807, 2.05) is 10.9 Å². The lowest BCUT2D eigenvalue weighted by molar-refractivity contribution is 0.573. The Morgan fingerprint density at radius 3 is 2.47 bits per heavy atom. The molecular weight excluding hydrogens is 234 g/mol. The fourth-order valence-electron chi connectivity index (χ4n) is 2.12. The molecule has 0 saturated carbocycles. The summed E-state index contributed by atoms with van der Waals surface area (Å²) in [7, 11) is 0. The van der Waals surface area contributed by atoms with Crippen LogP contribution in [-0.4, -0.2) is 9.78 Å². The van der Waals surface area contributed by atoms with Crippen LogP contribution in [0.2, 0.25) is 0 Å². The molecule has 1 aromatic heterocycles. The number of nitrogen functional groups attached to an aromatic ring is 1. The van der Waals surface area contributed by atoms with Crippen LogP contribution in [0.4, 0.5) is 5.69 Å². The van der Waals surface area contributed by atoms with Gasteiger partial charge in [0.1, 0.15) is 5.69 Å². The first kappa shape index (κ1) is 13.7. The fourth-order valence-corrected chi connectivity index (χ4v) is 2.12. The standard InChI is InChI=1S/C16H23N3/c1-4-5-10-19-11-15(17)16(18-19)14-8-6-13(7-9-14)12(2)3/h6-9,11-12H,4-5,10,17H2,1-3H3. The maximum absolute atomic E-state index is 6.06. The van der Waals surface area contributed by atoms with Crippen LogP contribution in [0.3, 0.4) is 0 Å². The van der Waals surface area contributed by atoms with Gasteiger partial charge in [0.05, 0.1) is 5.69 Å². The Morgan fingerprint density at radius 2 is 1.89 bits per heavy atom. The molecular formula is C16H23N3. The molecule has 0 spiro atoms. The van der Waals surface area contributed by atoms with Gasteiger partial charge < -0.3 is 5.73 Å². The molecule has 0 amide bonds. The number of benzene rings is 1. The number of hydrogen-bond acceptors (Lipinski definition) is 2. The zero-order valence-corrected chi connectivity index (χ0v) is 12.1. The maximum Gasteiger partial charge on any atom is 0.115 e. The minimum absolute atomic E-state index is 0.550. The van der Waals surface area contributed by atoms with Crippen LogP contribution in [-0.2, 0) is 6.54 Å². The van der Waals surface area contributed by atoms with Gasteiger partial charge in [-0.05, 0) is 17.9 Å². The quantitative estimate of drug-likeness (QED) is 0.878. The number of nitrogens with two attached hydrogens (primary N) is 1. The SMILES string of the molecule is CCCCn1cc(N)c(-c2ccc(C(C)C)cc2)n1. The van der Waals surface area contributed by atoms with Gasteiger partial charge in [-0.3, -0.25) is 4.68 Å². The summed E-state index contributed by atoms with van der Waals surface area (Å²) in [6, 6.07) is 8.53. The molecule has 0 atom stereocenters. The maximum atomic E-state index is 6.06. The van der Waals surface area contributed by atoms with Gasteiger partial charge in [-0.2, -0.15) is 5.10 Å². The van der Waals surface area contributed by atoms with E-state index in [1.165, 1.54) is 5.56 Å². The number of rotatable bonds is 5. The molecule has 0 unspecified atom stereocenters. The van der Waals surface area contributed by atoms with Crippen LogP contribution in [0, 0.1) is 0 Å². The van der Waals surface area contributed by atoms with E-state index in [9.17, 15) is 0 Å². The van der Waals surface area contributed by atoms with Gasteiger partial charge in [-0.25, -0.2) is 0 Å². The van der Waals surface area contributed by atoms with Crippen LogP contribution in [0.25, 0.3) is 11.3 Å². The molecule has 0 aliphatic rings. The van der Waals surface area contributed by atoms with E-state index in [-0.39, 0.29) is 0 Å². The Balaban J connectivity index is 2.23. The molecule has 19 heavy (non-hydrogen) atoms. The van der Waals surface area contributed by atoms with Crippen molar-refractivity contribution in [2.24, 2.45) is 0 Å². The summed E-state index contributed by atoms with van der Waals surface area (Å²) in [5.74, 6) is 0.550. The molecule has 2 rings (SSSR count). The van der Waals surface area contributed by atoms with E-state index in [0.29, 0.717) is 5.92 Å². The molecule has 3 nitrogen and oxygen atoms in total. The predicted octanol–water partition coefficient (Wildman–Crippen LogP) is 4.06. The minimum Gasteiger partial charge on any atom is -0.396 e. The molecule has 0 aliphatic heterocycles. The van der Waals surface area contributed by atoms with Gasteiger partial charge in [-0.15, -0.1) is 0 Å². The zero-order valence-electron chi connectivity index (χ0n) is 12.1. The third-order valence-electron chi connectivity index (χ3n) is 3.38. The highest BCUT2D eigenvalue weighted by Crippen LogP contribution is 2.26. The van der Waals surface area contributed by atoms with Crippen LogP contribution >= 0.6 is 0 Å². The van der Waals surface area contributed by atoms with Gasteiger partial charge in [0.25, 0.3) is 0 Å². The normalized spacial score (nSPS) is 11.2. The Hall–Kier alpha value is -1.77. The van der Waals surface area contributed by atoms with Gasteiger partial charge in [0, 0.05) is 18.3 Å². The number of aromatic nitrogens is 2. The molecule has 0 saturated heterocycles. The summed E-state index contributed by atoms with van der Waals surface area (Å²) < 4.78 is 1.95. The molecule has 0 radical (unpaired) electrons. The minimum atomic E-state index is 0.550. The Bertz CT molecular complexity index is 523. The topological polar surface area (TPSA) is 43.8 Å². The lowest BCUT2D eigenvalue weighted by Crippen LogP contribution is -1.98. The lowest BCUT2D eigenvalue weighted by Gasteiger charge is -2.06. The molecule has 2 N–H and O–H groups in total. The van der Waals surface area contributed by atoms with Crippen molar-refractivity contribution in [3.63, 3.8) is 0 Å². The van der Waals surface area contributed by atoms with Crippen molar-refractivity contribution in [1.29, 1.82) is 0 Å². The smallest absolute Gasteiger partial charge is 0.115 e.